The van der Waals surface area contributed by atoms with Gasteiger partial charge in [-0.3, -0.25) is 4.79 Å². The molecule has 0 bridgehead atoms. The molecular weight excluding hydrogens is 332 g/mol. The lowest BCUT2D eigenvalue weighted by molar-refractivity contribution is -0.116. The number of ether oxygens (including phenoxy) is 1. The van der Waals surface area contributed by atoms with E-state index in [9.17, 15) is 10.1 Å². The van der Waals surface area contributed by atoms with Crippen molar-refractivity contribution in [2.24, 2.45) is 0 Å². The summed E-state index contributed by atoms with van der Waals surface area (Å²) in [6.45, 7) is 0. The molecule has 1 unspecified atom stereocenters. The van der Waals surface area contributed by atoms with E-state index in [0.717, 1.165) is 4.47 Å². The second kappa shape index (κ2) is 6.91. The largest absolute Gasteiger partial charge is 0.497 e. The van der Waals surface area contributed by atoms with Crippen LogP contribution in [0.2, 0.25) is 0 Å². The van der Waals surface area contributed by atoms with Gasteiger partial charge in [-0.25, -0.2) is 0 Å². The lowest BCUT2D eigenvalue weighted by Crippen LogP contribution is -2.20. The molecule has 1 atom stereocenters. The Morgan fingerprint density at radius 3 is 2.62 bits per heavy atom. The molecule has 5 heteroatoms. The monoisotopic (exact) mass is 344 g/mol. The van der Waals surface area contributed by atoms with E-state index >= 15 is 0 Å². The van der Waals surface area contributed by atoms with Crippen molar-refractivity contribution in [1.82, 2.24) is 0 Å². The normalized spacial score (nSPS) is 11.3. The average molecular weight is 345 g/mol. The van der Waals surface area contributed by atoms with Gasteiger partial charge in [-0.15, -0.1) is 0 Å². The van der Waals surface area contributed by atoms with Crippen molar-refractivity contribution in [3.05, 3.63) is 58.6 Å². The number of nitrogens with one attached hydrogen (secondary N) is 1. The molecule has 2 aromatic rings. The van der Waals surface area contributed by atoms with Crippen LogP contribution in [0, 0.1) is 11.3 Å². The Hall–Kier alpha value is -2.32. The minimum atomic E-state index is -0.851. The number of hydrogen-bond donors (Lipinski definition) is 1. The molecule has 21 heavy (non-hydrogen) atoms. The molecule has 1 N–H and O–H groups in total. The van der Waals surface area contributed by atoms with Gasteiger partial charge in [0.2, 0.25) is 5.91 Å². The molecule has 1 amide bonds. The van der Waals surface area contributed by atoms with Crippen LogP contribution in [-0.4, -0.2) is 13.0 Å². The molecule has 0 saturated heterocycles. The van der Waals surface area contributed by atoms with E-state index in [1.54, 1.807) is 49.6 Å². The molecule has 0 aliphatic rings. The van der Waals surface area contributed by atoms with Gasteiger partial charge in [0, 0.05) is 16.2 Å². The highest BCUT2D eigenvalue weighted by molar-refractivity contribution is 9.10. The van der Waals surface area contributed by atoms with Crippen LogP contribution in [0.4, 0.5) is 5.69 Å². The predicted molar refractivity (Wildman–Crippen MR) is 84.1 cm³/mol. The highest BCUT2D eigenvalue weighted by Gasteiger charge is 2.20. The van der Waals surface area contributed by atoms with E-state index in [1.165, 1.54) is 0 Å². The van der Waals surface area contributed by atoms with Gasteiger partial charge in [-0.05, 0) is 17.7 Å². The summed E-state index contributed by atoms with van der Waals surface area (Å²) < 4.78 is 5.93. The summed E-state index contributed by atoms with van der Waals surface area (Å²) in [6.07, 6.45) is 0. The van der Waals surface area contributed by atoms with Gasteiger partial charge < -0.3 is 10.1 Å². The van der Waals surface area contributed by atoms with Crippen molar-refractivity contribution in [2.75, 3.05) is 12.4 Å². The van der Waals surface area contributed by atoms with E-state index in [1.807, 2.05) is 12.1 Å². The summed E-state index contributed by atoms with van der Waals surface area (Å²) in [5.74, 6) is -0.604. The molecule has 0 saturated carbocycles. The van der Waals surface area contributed by atoms with E-state index in [4.69, 9.17) is 4.74 Å². The maximum Gasteiger partial charge on any atom is 0.246 e. The van der Waals surface area contributed by atoms with Crippen LogP contribution in [0.5, 0.6) is 5.75 Å². The zero-order valence-electron chi connectivity index (χ0n) is 11.3. The van der Waals surface area contributed by atoms with E-state index < -0.39 is 5.92 Å². The highest BCUT2D eigenvalue weighted by atomic mass is 79.9. The number of carbonyl (C=O) groups is 1. The zero-order chi connectivity index (χ0) is 15.2. The fraction of sp³-hybridized carbons (Fsp3) is 0.125. The molecule has 0 radical (unpaired) electrons. The van der Waals surface area contributed by atoms with Gasteiger partial charge in [0.25, 0.3) is 0 Å². The van der Waals surface area contributed by atoms with E-state index in [-0.39, 0.29) is 5.91 Å². The van der Waals surface area contributed by atoms with Crippen molar-refractivity contribution in [3.8, 4) is 11.8 Å². The van der Waals surface area contributed by atoms with Crippen LogP contribution < -0.4 is 10.1 Å². The van der Waals surface area contributed by atoms with Crippen LogP contribution in [0.15, 0.2) is 53.0 Å². The smallest absolute Gasteiger partial charge is 0.246 e. The summed E-state index contributed by atoms with van der Waals surface area (Å²) >= 11 is 3.35. The molecule has 2 rings (SSSR count). The van der Waals surface area contributed by atoms with Gasteiger partial charge >= 0.3 is 0 Å². The van der Waals surface area contributed by atoms with Gasteiger partial charge in [-0.1, -0.05) is 46.3 Å². The molecule has 0 heterocycles. The summed E-state index contributed by atoms with van der Waals surface area (Å²) in [5, 5.41) is 12.0. The first-order valence-electron chi connectivity index (χ1n) is 6.24. The third kappa shape index (κ3) is 3.83. The van der Waals surface area contributed by atoms with Gasteiger partial charge in [0.1, 0.15) is 5.75 Å². The number of carbonyl (C=O) groups excluding carboxylic acids is 1. The Morgan fingerprint density at radius 1 is 1.29 bits per heavy atom. The predicted octanol–water partition coefficient (Wildman–Crippen LogP) is 3.70. The van der Waals surface area contributed by atoms with E-state index in [2.05, 4.69) is 21.2 Å². The van der Waals surface area contributed by atoms with Crippen molar-refractivity contribution in [2.45, 2.75) is 5.92 Å². The highest BCUT2D eigenvalue weighted by Crippen LogP contribution is 2.25. The van der Waals surface area contributed by atoms with Gasteiger partial charge in [0.05, 0.1) is 13.2 Å². The molecule has 0 aliphatic heterocycles. The summed E-state index contributed by atoms with van der Waals surface area (Å²) in [6, 6.07) is 16.2. The van der Waals surface area contributed by atoms with Gasteiger partial charge in [-0.2, -0.15) is 5.26 Å². The lowest BCUT2D eigenvalue weighted by Gasteiger charge is -2.12. The van der Waals surface area contributed by atoms with Crippen molar-refractivity contribution in [1.29, 1.82) is 5.26 Å². The third-order valence-electron chi connectivity index (χ3n) is 2.90. The van der Waals surface area contributed by atoms with Gasteiger partial charge in [0.15, 0.2) is 5.92 Å². The first-order chi connectivity index (χ1) is 10.1. The van der Waals surface area contributed by atoms with Crippen LogP contribution >= 0.6 is 15.9 Å². The average Bonchev–Trinajstić information content (AvgIpc) is 2.48. The minimum Gasteiger partial charge on any atom is -0.497 e. The SMILES string of the molecule is COc1cc(Br)cc(NC(=O)C(C#N)c2ccccc2)c1. The molecule has 0 aliphatic carbocycles. The van der Waals surface area contributed by atoms with Crippen LogP contribution in [0.25, 0.3) is 0 Å². The second-order valence-electron chi connectivity index (χ2n) is 4.34. The molecular formula is C16H13BrN2O2. The minimum absolute atomic E-state index is 0.371. The number of anilines is 1. The van der Waals surface area contributed by atoms with Crippen LogP contribution in [-0.2, 0) is 4.79 Å². The zero-order valence-corrected chi connectivity index (χ0v) is 12.9. The second-order valence-corrected chi connectivity index (χ2v) is 5.26. The summed E-state index contributed by atoms with van der Waals surface area (Å²) in [4.78, 5) is 12.3. The Morgan fingerprint density at radius 2 is 2.00 bits per heavy atom. The first kappa shape index (κ1) is 15.1. The standard InChI is InChI=1S/C16H13BrN2O2/c1-21-14-8-12(17)7-13(9-14)19-16(20)15(10-18)11-5-3-2-4-6-11/h2-9,15H,1H3,(H,19,20). The number of amides is 1. The summed E-state index contributed by atoms with van der Waals surface area (Å²) in [5.41, 5.74) is 1.24. The first-order valence-corrected chi connectivity index (χ1v) is 7.03. The quantitative estimate of drug-likeness (QED) is 0.919. The molecule has 106 valence electrons. The Balaban J connectivity index is 2.21. The molecule has 0 fully saturated rings. The topological polar surface area (TPSA) is 62.1 Å². The molecule has 0 aromatic heterocycles. The van der Waals surface area contributed by atoms with Crippen molar-refractivity contribution in [3.63, 3.8) is 0 Å². The van der Waals surface area contributed by atoms with Crippen molar-refractivity contribution >= 4 is 27.5 Å². The number of hydrogen-bond acceptors (Lipinski definition) is 3. The Labute approximate surface area is 131 Å². The molecule has 0 spiro atoms. The molecule has 2 aromatic carbocycles. The van der Waals surface area contributed by atoms with Crippen molar-refractivity contribution < 1.29 is 9.53 Å². The fourth-order valence-electron chi connectivity index (χ4n) is 1.90. The van der Waals surface area contributed by atoms with Crippen LogP contribution in [0.3, 0.4) is 0 Å². The number of benzene rings is 2. The number of halogens is 1. The summed E-state index contributed by atoms with van der Waals surface area (Å²) in [7, 11) is 1.55. The number of rotatable bonds is 4. The number of nitriles is 1. The maximum absolute atomic E-state index is 12.3. The Kier molecular flexibility index (Phi) is 4.96. The lowest BCUT2D eigenvalue weighted by atomic mass is 10.00. The third-order valence-corrected chi connectivity index (χ3v) is 3.36. The number of methoxy groups -OCH3 is 1. The molecule has 4 nitrogen and oxygen atoms in total. The van der Waals surface area contributed by atoms with E-state index in [0.29, 0.717) is 17.0 Å². The fourth-order valence-corrected chi connectivity index (χ4v) is 2.37. The number of nitrogens with zero attached hydrogens (tertiary/aromatic N) is 1. The maximum atomic E-state index is 12.3. The Bertz CT molecular complexity index is 680. The van der Waals surface area contributed by atoms with Crippen LogP contribution in [0.1, 0.15) is 11.5 Å².